The molecule has 8 heteroatoms. The van der Waals surface area contributed by atoms with Crippen molar-refractivity contribution in [1.82, 2.24) is 9.97 Å². The molecular weight excluding hydrogens is 368 g/mol. The summed E-state index contributed by atoms with van der Waals surface area (Å²) in [7, 11) is -3.23. The monoisotopic (exact) mass is 386 g/mol. The second kappa shape index (κ2) is 7.32. The number of carbonyl (C=O) groups excluding carboxylic acids is 1. The maximum atomic E-state index is 11.5. The molecule has 0 atom stereocenters. The van der Waals surface area contributed by atoms with Crippen molar-refractivity contribution in [3.8, 4) is 22.7 Å². The van der Waals surface area contributed by atoms with Crippen LogP contribution in [-0.4, -0.2) is 30.6 Å². The Kier molecular flexibility index (Phi) is 5.09. The predicted molar refractivity (Wildman–Crippen MR) is 98.5 cm³/mol. The molecule has 3 aromatic rings. The van der Waals surface area contributed by atoms with E-state index in [4.69, 9.17) is 9.15 Å². The van der Waals surface area contributed by atoms with Crippen LogP contribution in [-0.2, 0) is 26.0 Å². The summed E-state index contributed by atoms with van der Waals surface area (Å²) < 4.78 is 33.6. The van der Waals surface area contributed by atoms with Gasteiger partial charge >= 0.3 is 5.97 Å². The molecule has 27 heavy (non-hydrogen) atoms. The average Bonchev–Trinajstić information content (AvgIpc) is 3.00. The third-order valence-electron chi connectivity index (χ3n) is 3.89. The number of ether oxygens (including phenoxy) is 1. The fourth-order valence-electron chi connectivity index (χ4n) is 2.42. The summed E-state index contributed by atoms with van der Waals surface area (Å²) in [5, 5.41) is 0. The molecule has 2 aromatic heterocycles. The summed E-state index contributed by atoms with van der Waals surface area (Å²) in [5.74, 6) is 0.583. The van der Waals surface area contributed by atoms with E-state index in [1.807, 2.05) is 6.07 Å². The minimum atomic E-state index is -3.23. The second-order valence-corrected chi connectivity index (χ2v) is 8.05. The molecule has 0 unspecified atom stereocenters. The molecule has 0 N–H and O–H groups in total. The quantitative estimate of drug-likeness (QED) is 0.621. The van der Waals surface area contributed by atoms with Gasteiger partial charge in [-0.25, -0.2) is 13.4 Å². The number of pyridine rings is 1. The van der Waals surface area contributed by atoms with Gasteiger partial charge in [-0.3, -0.25) is 9.78 Å². The molecule has 0 saturated carbocycles. The molecule has 0 saturated heterocycles. The van der Waals surface area contributed by atoms with Crippen LogP contribution in [0.1, 0.15) is 18.4 Å². The standard InChI is InChI=1S/C19H18N2O5S/c1-12-18(11-25-13(2)22)21-19(26-12)15-6-9-17(20-10-15)14-4-7-16(8-5-14)27(3,23)24/h4-10H,11H2,1-3H3. The average molecular weight is 386 g/mol. The van der Waals surface area contributed by atoms with Gasteiger partial charge in [0, 0.05) is 24.9 Å². The lowest BCUT2D eigenvalue weighted by Gasteiger charge is -2.03. The summed E-state index contributed by atoms with van der Waals surface area (Å²) in [6.07, 6.45) is 2.80. The highest BCUT2D eigenvalue weighted by Gasteiger charge is 2.13. The van der Waals surface area contributed by atoms with Gasteiger partial charge in [0.05, 0.1) is 16.2 Å². The van der Waals surface area contributed by atoms with Crippen molar-refractivity contribution in [3.63, 3.8) is 0 Å². The third-order valence-corrected chi connectivity index (χ3v) is 5.02. The fourth-order valence-corrected chi connectivity index (χ4v) is 3.05. The zero-order valence-corrected chi connectivity index (χ0v) is 15.9. The fraction of sp³-hybridized carbons (Fsp3) is 0.211. The van der Waals surface area contributed by atoms with E-state index in [1.54, 1.807) is 43.5 Å². The Hall–Kier alpha value is -3.00. The minimum Gasteiger partial charge on any atom is -0.459 e. The molecular formula is C19H18N2O5S. The van der Waals surface area contributed by atoms with Crippen molar-refractivity contribution in [1.29, 1.82) is 0 Å². The first-order valence-corrected chi connectivity index (χ1v) is 10.00. The highest BCUT2D eigenvalue weighted by Crippen LogP contribution is 2.25. The molecule has 0 spiro atoms. The maximum Gasteiger partial charge on any atom is 0.303 e. The van der Waals surface area contributed by atoms with Crippen LogP contribution in [0.5, 0.6) is 0 Å². The smallest absolute Gasteiger partial charge is 0.303 e. The molecule has 3 rings (SSSR count). The molecule has 0 radical (unpaired) electrons. The lowest BCUT2D eigenvalue weighted by molar-refractivity contribution is -0.142. The number of benzene rings is 1. The van der Waals surface area contributed by atoms with E-state index < -0.39 is 9.84 Å². The van der Waals surface area contributed by atoms with E-state index >= 15 is 0 Å². The lowest BCUT2D eigenvalue weighted by atomic mass is 10.1. The van der Waals surface area contributed by atoms with Gasteiger partial charge in [0.15, 0.2) is 9.84 Å². The van der Waals surface area contributed by atoms with Gasteiger partial charge in [0.2, 0.25) is 5.89 Å². The third kappa shape index (κ3) is 4.40. The normalized spacial score (nSPS) is 11.4. The lowest BCUT2D eigenvalue weighted by Crippen LogP contribution is -2.00. The van der Waals surface area contributed by atoms with Crippen molar-refractivity contribution in [2.24, 2.45) is 0 Å². The summed E-state index contributed by atoms with van der Waals surface area (Å²) in [6, 6.07) is 10.2. The number of carbonyl (C=O) groups is 1. The molecule has 0 fully saturated rings. The van der Waals surface area contributed by atoms with Crippen molar-refractivity contribution in [2.45, 2.75) is 25.3 Å². The van der Waals surface area contributed by atoms with Crippen molar-refractivity contribution in [2.75, 3.05) is 6.26 Å². The zero-order valence-electron chi connectivity index (χ0n) is 15.1. The molecule has 140 valence electrons. The number of oxazole rings is 1. The Balaban J connectivity index is 1.81. The number of sulfone groups is 1. The van der Waals surface area contributed by atoms with E-state index in [0.717, 1.165) is 5.56 Å². The topological polar surface area (TPSA) is 99.4 Å². The number of hydrogen-bond donors (Lipinski definition) is 0. The molecule has 7 nitrogen and oxygen atoms in total. The van der Waals surface area contributed by atoms with Gasteiger partial charge < -0.3 is 9.15 Å². The predicted octanol–water partition coefficient (Wildman–Crippen LogP) is 3.18. The summed E-state index contributed by atoms with van der Waals surface area (Å²) >= 11 is 0. The SMILES string of the molecule is CC(=O)OCc1nc(-c2ccc(-c3ccc(S(C)(=O)=O)cc3)nc2)oc1C. The van der Waals surface area contributed by atoms with E-state index in [2.05, 4.69) is 9.97 Å². The van der Waals surface area contributed by atoms with Crippen LogP contribution in [0.15, 0.2) is 51.9 Å². The Morgan fingerprint density at radius 3 is 2.33 bits per heavy atom. The van der Waals surface area contributed by atoms with E-state index in [0.29, 0.717) is 28.6 Å². The van der Waals surface area contributed by atoms with Crippen LogP contribution >= 0.6 is 0 Å². The molecule has 0 aliphatic heterocycles. The highest BCUT2D eigenvalue weighted by atomic mass is 32.2. The maximum absolute atomic E-state index is 11.5. The zero-order chi connectivity index (χ0) is 19.6. The summed E-state index contributed by atoms with van der Waals surface area (Å²) in [4.78, 5) is 19.9. The molecule has 0 amide bonds. The van der Waals surface area contributed by atoms with E-state index in [1.165, 1.54) is 13.2 Å². The van der Waals surface area contributed by atoms with Crippen molar-refractivity contribution in [3.05, 3.63) is 54.0 Å². The summed E-state index contributed by atoms with van der Waals surface area (Å²) in [5.41, 5.74) is 2.74. The number of hydrogen-bond acceptors (Lipinski definition) is 7. The second-order valence-electron chi connectivity index (χ2n) is 6.03. The van der Waals surface area contributed by atoms with Crippen LogP contribution in [0.4, 0.5) is 0 Å². The number of aryl methyl sites for hydroxylation is 1. The van der Waals surface area contributed by atoms with Gasteiger partial charge in [-0.1, -0.05) is 12.1 Å². The molecule has 1 aromatic carbocycles. The van der Waals surface area contributed by atoms with Crippen LogP contribution in [0.25, 0.3) is 22.7 Å². The number of esters is 1. The Morgan fingerprint density at radius 2 is 1.78 bits per heavy atom. The van der Waals surface area contributed by atoms with E-state index in [-0.39, 0.29) is 17.5 Å². The minimum absolute atomic E-state index is 0.0584. The van der Waals surface area contributed by atoms with Gasteiger partial charge in [-0.05, 0) is 31.2 Å². The Labute approximate surface area is 157 Å². The number of nitrogens with zero attached hydrogens (tertiary/aromatic N) is 2. The Morgan fingerprint density at radius 1 is 1.11 bits per heavy atom. The van der Waals surface area contributed by atoms with Crippen LogP contribution in [0.3, 0.4) is 0 Å². The Bertz CT molecular complexity index is 1070. The first kappa shape index (κ1) is 18.8. The van der Waals surface area contributed by atoms with Gasteiger partial charge in [0.25, 0.3) is 0 Å². The van der Waals surface area contributed by atoms with Gasteiger partial charge in [0.1, 0.15) is 18.1 Å². The van der Waals surface area contributed by atoms with Crippen molar-refractivity contribution >= 4 is 15.8 Å². The summed E-state index contributed by atoms with van der Waals surface area (Å²) in [6.45, 7) is 3.14. The number of rotatable bonds is 5. The van der Waals surface area contributed by atoms with Crippen LogP contribution in [0.2, 0.25) is 0 Å². The van der Waals surface area contributed by atoms with Crippen LogP contribution in [0, 0.1) is 6.92 Å². The molecule has 0 bridgehead atoms. The number of aromatic nitrogens is 2. The van der Waals surface area contributed by atoms with Gasteiger partial charge in [-0.2, -0.15) is 0 Å². The molecule has 2 heterocycles. The highest BCUT2D eigenvalue weighted by molar-refractivity contribution is 7.90. The van der Waals surface area contributed by atoms with E-state index in [9.17, 15) is 13.2 Å². The first-order chi connectivity index (χ1) is 12.7. The van der Waals surface area contributed by atoms with Crippen molar-refractivity contribution < 1.29 is 22.4 Å². The first-order valence-electron chi connectivity index (χ1n) is 8.10. The largest absolute Gasteiger partial charge is 0.459 e. The van der Waals surface area contributed by atoms with Crippen LogP contribution < -0.4 is 0 Å². The molecule has 0 aliphatic rings. The van der Waals surface area contributed by atoms with Gasteiger partial charge in [-0.15, -0.1) is 0 Å². The molecule has 0 aliphatic carbocycles.